The summed E-state index contributed by atoms with van der Waals surface area (Å²) in [5, 5.41) is 2.00. The van der Waals surface area contributed by atoms with Crippen LogP contribution in [0, 0.1) is 0 Å². The Morgan fingerprint density at radius 3 is 2.31 bits per heavy atom. The molecule has 16 heteroatoms. The highest BCUT2D eigenvalue weighted by Gasteiger charge is 2.37. The lowest BCUT2D eigenvalue weighted by atomic mass is 10.0. The number of fused-ring (bicyclic) bond motifs is 1. The second-order valence-electron chi connectivity index (χ2n) is 11.8. The Morgan fingerprint density at radius 1 is 1.09 bits per heavy atom. The molecule has 0 spiro atoms. The van der Waals surface area contributed by atoms with Gasteiger partial charge in [-0.3, -0.25) is 14.3 Å². The van der Waals surface area contributed by atoms with Crippen molar-refractivity contribution in [3.8, 4) is 0 Å². The van der Waals surface area contributed by atoms with E-state index in [1.54, 1.807) is 25.7 Å². The smallest absolute Gasteiger partial charge is 0.416 e. The van der Waals surface area contributed by atoms with Crippen molar-refractivity contribution in [3.05, 3.63) is 71.8 Å². The number of aromatic amines is 1. The van der Waals surface area contributed by atoms with Gasteiger partial charge in [-0.25, -0.2) is 18.0 Å². The van der Waals surface area contributed by atoms with Crippen LogP contribution >= 0.6 is 23.2 Å². The van der Waals surface area contributed by atoms with Crippen molar-refractivity contribution in [2.75, 3.05) is 18.8 Å². The standard InChI is InChI=1S/C29H33Cl2F3N4O6S/c1-5-45(42,43)22-7-6-17(30)12-16(22)14-38-25(39)19-13-21(29(32,33)34)20(23(31)24(19)36-26(38)40)15-37-10-8-18(9-11-37)35-27(41)44-28(2,3)4/h6-7,12-13,18H,5,8-11,14-15H2,1-4H3,(H,35,41)(H,36,40). The number of benzene rings is 2. The van der Waals surface area contributed by atoms with Gasteiger partial charge in [-0.15, -0.1) is 0 Å². The van der Waals surface area contributed by atoms with Crippen LogP contribution in [0.15, 0.2) is 38.8 Å². The van der Waals surface area contributed by atoms with E-state index in [2.05, 4.69) is 10.3 Å². The lowest BCUT2D eigenvalue weighted by molar-refractivity contribution is -0.138. The van der Waals surface area contributed by atoms with Gasteiger partial charge >= 0.3 is 18.0 Å². The number of halogens is 5. The van der Waals surface area contributed by atoms with E-state index in [-0.39, 0.29) is 44.9 Å². The predicted octanol–water partition coefficient (Wildman–Crippen LogP) is 5.35. The normalized spacial score (nSPS) is 15.4. The molecule has 2 aromatic carbocycles. The molecule has 2 heterocycles. The van der Waals surface area contributed by atoms with Crippen molar-refractivity contribution >= 4 is 50.0 Å². The number of nitrogens with one attached hydrogen (secondary N) is 2. The van der Waals surface area contributed by atoms with Crippen LogP contribution in [0.2, 0.25) is 10.0 Å². The summed E-state index contributed by atoms with van der Waals surface area (Å²) in [4.78, 5) is 42.7. The van der Waals surface area contributed by atoms with Crippen molar-refractivity contribution in [3.63, 3.8) is 0 Å². The summed E-state index contributed by atoms with van der Waals surface area (Å²) in [6.45, 7) is 6.51. The predicted molar refractivity (Wildman–Crippen MR) is 165 cm³/mol. The first-order valence-electron chi connectivity index (χ1n) is 14.1. The number of nitrogens with zero attached hydrogens (tertiary/aromatic N) is 2. The van der Waals surface area contributed by atoms with Crippen LogP contribution in [-0.4, -0.2) is 59.4 Å². The minimum atomic E-state index is -4.90. The van der Waals surface area contributed by atoms with Crippen molar-refractivity contribution in [2.24, 2.45) is 0 Å². The summed E-state index contributed by atoms with van der Waals surface area (Å²) >= 11 is 12.6. The number of H-pyrrole nitrogens is 1. The Kier molecular flexibility index (Phi) is 10.0. The number of ether oxygens (including phenoxy) is 1. The number of likely N-dealkylation sites (tertiary alicyclic amines) is 1. The van der Waals surface area contributed by atoms with Gasteiger partial charge in [-0.05, 0) is 69.0 Å². The van der Waals surface area contributed by atoms with E-state index in [0.717, 1.165) is 0 Å². The molecule has 3 aromatic rings. The van der Waals surface area contributed by atoms with Gasteiger partial charge in [0, 0.05) is 30.7 Å². The monoisotopic (exact) mass is 692 g/mol. The second kappa shape index (κ2) is 13.0. The summed E-state index contributed by atoms with van der Waals surface area (Å²) in [5.74, 6) is -0.268. The molecule has 1 aliphatic rings. The lowest BCUT2D eigenvalue weighted by Gasteiger charge is -2.33. The highest BCUT2D eigenvalue weighted by molar-refractivity contribution is 7.91. The molecule has 1 aromatic heterocycles. The maximum Gasteiger partial charge on any atom is 0.416 e. The Morgan fingerprint density at radius 2 is 1.73 bits per heavy atom. The first-order valence-corrected chi connectivity index (χ1v) is 16.5. The Hall–Kier alpha value is -3.07. The molecule has 0 bridgehead atoms. The summed E-state index contributed by atoms with van der Waals surface area (Å²) < 4.78 is 74.3. The van der Waals surface area contributed by atoms with Gasteiger partial charge in [0.1, 0.15) is 5.60 Å². The molecule has 0 radical (unpaired) electrons. The highest BCUT2D eigenvalue weighted by atomic mass is 35.5. The minimum Gasteiger partial charge on any atom is -0.444 e. The molecule has 0 atom stereocenters. The average Bonchev–Trinajstić information content (AvgIpc) is 2.92. The van der Waals surface area contributed by atoms with Crippen LogP contribution in [0.5, 0.6) is 0 Å². The number of piperidine rings is 1. The third-order valence-electron chi connectivity index (χ3n) is 7.38. The van der Waals surface area contributed by atoms with Crippen LogP contribution in [0.1, 0.15) is 57.2 Å². The fourth-order valence-electron chi connectivity index (χ4n) is 5.18. The largest absolute Gasteiger partial charge is 0.444 e. The van der Waals surface area contributed by atoms with E-state index in [4.69, 9.17) is 27.9 Å². The number of rotatable bonds is 7. The number of carbonyl (C=O) groups is 1. The van der Waals surface area contributed by atoms with E-state index >= 15 is 0 Å². The van der Waals surface area contributed by atoms with Gasteiger partial charge in [0.15, 0.2) is 9.84 Å². The summed E-state index contributed by atoms with van der Waals surface area (Å²) in [6.07, 6.45) is -4.57. The van der Waals surface area contributed by atoms with E-state index in [9.17, 15) is 36.0 Å². The third kappa shape index (κ3) is 8.02. The van der Waals surface area contributed by atoms with E-state index in [0.29, 0.717) is 36.6 Å². The van der Waals surface area contributed by atoms with Crippen molar-refractivity contribution in [1.29, 1.82) is 0 Å². The number of sulfone groups is 1. The third-order valence-corrected chi connectivity index (χ3v) is 9.86. The van der Waals surface area contributed by atoms with Gasteiger partial charge in [-0.1, -0.05) is 30.1 Å². The minimum absolute atomic E-state index is 0.0274. The number of hydrogen-bond acceptors (Lipinski definition) is 7. The van der Waals surface area contributed by atoms with Gasteiger partial charge in [-0.2, -0.15) is 13.2 Å². The molecule has 1 aliphatic heterocycles. The molecule has 0 unspecified atom stereocenters. The highest BCUT2D eigenvalue weighted by Crippen LogP contribution is 2.39. The molecule has 0 saturated carbocycles. The molecule has 10 nitrogen and oxygen atoms in total. The maximum absolute atomic E-state index is 14.4. The zero-order chi connectivity index (χ0) is 33.5. The van der Waals surface area contributed by atoms with Crippen LogP contribution < -0.4 is 16.6 Å². The SMILES string of the molecule is CCS(=O)(=O)c1ccc(Cl)cc1Cn1c(=O)[nH]c2c(Cl)c(CN3CCC(NC(=O)OC(C)(C)C)CC3)c(C(F)(F)F)cc2c1=O. The van der Waals surface area contributed by atoms with E-state index in [1.807, 2.05) is 0 Å². The molecular formula is C29H33Cl2F3N4O6S. The van der Waals surface area contributed by atoms with Gasteiger partial charge in [0.05, 0.1) is 38.7 Å². The van der Waals surface area contributed by atoms with Crippen LogP contribution in [0.25, 0.3) is 10.9 Å². The number of carbonyl (C=O) groups excluding carboxylic acids is 1. The molecule has 45 heavy (non-hydrogen) atoms. The van der Waals surface area contributed by atoms with Gasteiger partial charge < -0.3 is 15.0 Å². The Labute approximate surface area is 267 Å². The molecule has 1 saturated heterocycles. The number of amides is 1. The summed E-state index contributed by atoms with van der Waals surface area (Å²) in [7, 11) is -3.79. The van der Waals surface area contributed by atoms with Crippen LogP contribution in [-0.2, 0) is 33.8 Å². The number of aromatic nitrogens is 2. The molecule has 246 valence electrons. The summed E-state index contributed by atoms with van der Waals surface area (Å²) in [6, 6.07) is 4.30. The molecule has 1 amide bonds. The lowest BCUT2D eigenvalue weighted by Crippen LogP contribution is -2.46. The topological polar surface area (TPSA) is 131 Å². The van der Waals surface area contributed by atoms with Crippen molar-refractivity contribution in [2.45, 2.75) is 76.3 Å². The molecule has 2 N–H and O–H groups in total. The number of alkyl carbamates (subject to hydrolysis) is 1. The number of hydrogen-bond donors (Lipinski definition) is 2. The van der Waals surface area contributed by atoms with Gasteiger partial charge in [0.2, 0.25) is 0 Å². The average molecular weight is 694 g/mol. The number of alkyl halides is 3. The first kappa shape index (κ1) is 34.8. The zero-order valence-corrected chi connectivity index (χ0v) is 27.3. The Bertz CT molecular complexity index is 1840. The first-order chi connectivity index (χ1) is 20.8. The Balaban J connectivity index is 1.69. The molecular weight excluding hydrogens is 660 g/mol. The van der Waals surface area contributed by atoms with Crippen LogP contribution in [0.4, 0.5) is 18.0 Å². The molecule has 4 rings (SSSR count). The van der Waals surface area contributed by atoms with Crippen molar-refractivity contribution < 1.29 is 31.1 Å². The molecule has 0 aliphatic carbocycles. The fraction of sp³-hybridized carbons (Fsp3) is 0.483. The maximum atomic E-state index is 14.4. The van der Waals surface area contributed by atoms with Gasteiger partial charge in [0.25, 0.3) is 5.56 Å². The second-order valence-corrected chi connectivity index (χ2v) is 14.9. The van der Waals surface area contributed by atoms with E-state index < -0.39 is 61.5 Å². The van der Waals surface area contributed by atoms with E-state index in [1.165, 1.54) is 25.1 Å². The van der Waals surface area contributed by atoms with Crippen LogP contribution in [0.3, 0.4) is 0 Å². The fourth-order valence-corrected chi connectivity index (χ4v) is 6.79. The quantitative estimate of drug-likeness (QED) is 0.342. The summed E-state index contributed by atoms with van der Waals surface area (Å²) in [5.41, 5.74) is -4.44. The molecule has 1 fully saturated rings. The van der Waals surface area contributed by atoms with Crippen molar-refractivity contribution in [1.82, 2.24) is 19.8 Å². The zero-order valence-electron chi connectivity index (χ0n) is 25.0.